The highest BCUT2D eigenvalue weighted by molar-refractivity contribution is 7.89. The van der Waals surface area contributed by atoms with Crippen molar-refractivity contribution in [1.82, 2.24) is 4.31 Å². The van der Waals surface area contributed by atoms with Crippen LogP contribution in [0.25, 0.3) is 0 Å². The first-order valence-electron chi connectivity index (χ1n) is 8.16. The molecule has 0 unspecified atom stereocenters. The topological polar surface area (TPSA) is 125 Å². The average Bonchev–Trinajstić information content (AvgIpc) is 2.62. The molecule has 0 radical (unpaired) electrons. The van der Waals surface area contributed by atoms with Crippen LogP contribution in [-0.2, 0) is 10.0 Å². The van der Waals surface area contributed by atoms with Crippen molar-refractivity contribution in [2.45, 2.75) is 18.7 Å². The average molecular weight is 392 g/mol. The number of phenolic OH excluding ortho intramolecular Hbond substituents is 1. The standard InChI is InChI=1S/C17H20N4O5S/c1-3-20(4-2)27(25,26)17-11-14(21(23)24)8-9-16(17)19-18-12-13-6-5-7-15(22)10-13/h5-12,19,22H,3-4H2,1-2H3/b18-12+. The van der Waals surface area contributed by atoms with Gasteiger partial charge in [0, 0.05) is 25.2 Å². The first kappa shape index (κ1) is 20.3. The van der Waals surface area contributed by atoms with Gasteiger partial charge in [-0.3, -0.25) is 15.5 Å². The van der Waals surface area contributed by atoms with E-state index in [2.05, 4.69) is 10.5 Å². The van der Waals surface area contributed by atoms with Crippen molar-refractivity contribution in [1.29, 1.82) is 0 Å². The van der Waals surface area contributed by atoms with E-state index in [0.29, 0.717) is 5.56 Å². The molecule has 27 heavy (non-hydrogen) atoms. The van der Waals surface area contributed by atoms with Gasteiger partial charge in [-0.2, -0.15) is 9.41 Å². The van der Waals surface area contributed by atoms with Crippen molar-refractivity contribution in [3.63, 3.8) is 0 Å². The highest BCUT2D eigenvalue weighted by atomic mass is 32.2. The van der Waals surface area contributed by atoms with E-state index < -0.39 is 14.9 Å². The lowest BCUT2D eigenvalue weighted by Gasteiger charge is -2.20. The minimum atomic E-state index is -3.94. The molecule has 0 amide bonds. The molecule has 0 aliphatic rings. The van der Waals surface area contributed by atoms with Crippen LogP contribution in [0.5, 0.6) is 5.75 Å². The Balaban J connectivity index is 2.42. The molecule has 0 atom stereocenters. The molecule has 0 aliphatic carbocycles. The Kier molecular flexibility index (Phi) is 6.48. The van der Waals surface area contributed by atoms with Crippen LogP contribution in [0.2, 0.25) is 0 Å². The molecule has 9 nitrogen and oxygen atoms in total. The molecule has 0 saturated carbocycles. The number of rotatable bonds is 8. The fourth-order valence-electron chi connectivity index (χ4n) is 2.41. The maximum Gasteiger partial charge on any atom is 0.270 e. The molecule has 0 fully saturated rings. The first-order valence-corrected chi connectivity index (χ1v) is 9.60. The molecule has 2 rings (SSSR count). The van der Waals surface area contributed by atoms with E-state index >= 15 is 0 Å². The van der Waals surface area contributed by atoms with Crippen molar-refractivity contribution in [3.8, 4) is 5.75 Å². The van der Waals surface area contributed by atoms with Gasteiger partial charge in [0.1, 0.15) is 10.6 Å². The zero-order valence-electron chi connectivity index (χ0n) is 14.9. The van der Waals surface area contributed by atoms with Crippen molar-refractivity contribution < 1.29 is 18.4 Å². The maximum atomic E-state index is 12.8. The van der Waals surface area contributed by atoms with Crippen molar-refractivity contribution in [3.05, 3.63) is 58.1 Å². The van der Waals surface area contributed by atoms with Gasteiger partial charge < -0.3 is 5.11 Å². The summed E-state index contributed by atoms with van der Waals surface area (Å²) >= 11 is 0. The zero-order valence-corrected chi connectivity index (χ0v) is 15.7. The van der Waals surface area contributed by atoms with Gasteiger partial charge in [0.05, 0.1) is 16.8 Å². The third kappa shape index (κ3) is 4.80. The molecule has 2 aromatic rings. The second kappa shape index (κ2) is 8.60. The van der Waals surface area contributed by atoms with Gasteiger partial charge in [0.15, 0.2) is 0 Å². The number of hydrazone groups is 1. The Morgan fingerprint density at radius 3 is 2.52 bits per heavy atom. The number of benzene rings is 2. The largest absolute Gasteiger partial charge is 0.508 e. The van der Waals surface area contributed by atoms with Gasteiger partial charge in [0.25, 0.3) is 5.69 Å². The molecule has 144 valence electrons. The number of sulfonamides is 1. The Morgan fingerprint density at radius 1 is 1.22 bits per heavy atom. The van der Waals surface area contributed by atoms with Crippen molar-refractivity contribution >= 4 is 27.6 Å². The van der Waals surface area contributed by atoms with Crippen LogP contribution < -0.4 is 5.43 Å². The predicted octanol–water partition coefficient (Wildman–Crippen LogP) is 2.78. The molecule has 2 N–H and O–H groups in total. The number of non-ortho nitro benzene ring substituents is 1. The third-order valence-electron chi connectivity index (χ3n) is 3.77. The number of nitrogens with zero attached hydrogens (tertiary/aromatic N) is 3. The molecule has 0 saturated heterocycles. The Hall–Kier alpha value is -2.98. The molecular weight excluding hydrogens is 372 g/mol. The summed E-state index contributed by atoms with van der Waals surface area (Å²) in [6.07, 6.45) is 1.40. The van der Waals surface area contributed by atoms with Crippen LogP contribution in [0.4, 0.5) is 11.4 Å². The lowest BCUT2D eigenvalue weighted by atomic mass is 10.2. The van der Waals surface area contributed by atoms with Crippen LogP contribution in [-0.4, -0.2) is 42.1 Å². The smallest absolute Gasteiger partial charge is 0.270 e. The fraction of sp³-hybridized carbons (Fsp3) is 0.235. The molecule has 0 spiro atoms. The molecule has 10 heteroatoms. The summed E-state index contributed by atoms with van der Waals surface area (Å²) in [6.45, 7) is 3.83. The first-order chi connectivity index (χ1) is 12.8. The summed E-state index contributed by atoms with van der Waals surface area (Å²) in [4.78, 5) is 10.2. The van der Waals surface area contributed by atoms with Crippen LogP contribution in [0, 0.1) is 10.1 Å². The third-order valence-corrected chi connectivity index (χ3v) is 5.86. The van der Waals surface area contributed by atoms with E-state index in [1.807, 2.05) is 0 Å². The van der Waals surface area contributed by atoms with E-state index in [9.17, 15) is 23.6 Å². The van der Waals surface area contributed by atoms with Crippen LogP contribution in [0.1, 0.15) is 19.4 Å². The molecule has 0 aromatic heterocycles. The molecular formula is C17H20N4O5S. The minimum absolute atomic E-state index is 0.0686. The van der Waals surface area contributed by atoms with Gasteiger partial charge in [-0.25, -0.2) is 8.42 Å². The van der Waals surface area contributed by atoms with Gasteiger partial charge >= 0.3 is 0 Å². The van der Waals surface area contributed by atoms with E-state index in [-0.39, 0.29) is 35.1 Å². The molecule has 2 aromatic carbocycles. The van der Waals surface area contributed by atoms with Crippen LogP contribution >= 0.6 is 0 Å². The number of nitro benzene ring substituents is 1. The number of nitrogens with one attached hydrogen (secondary N) is 1. The SMILES string of the molecule is CCN(CC)S(=O)(=O)c1cc([N+](=O)[O-])ccc1N/N=C/c1cccc(O)c1. The second-order valence-corrected chi connectivity index (χ2v) is 7.40. The van der Waals surface area contributed by atoms with Crippen LogP contribution in [0.15, 0.2) is 52.5 Å². The summed E-state index contributed by atoms with van der Waals surface area (Å²) < 4.78 is 26.9. The highest BCUT2D eigenvalue weighted by Gasteiger charge is 2.27. The van der Waals surface area contributed by atoms with Gasteiger partial charge in [0.2, 0.25) is 10.0 Å². The summed E-state index contributed by atoms with van der Waals surface area (Å²) in [7, 11) is -3.94. The highest BCUT2D eigenvalue weighted by Crippen LogP contribution is 2.29. The number of nitro groups is 1. The van der Waals surface area contributed by atoms with E-state index in [1.165, 1.54) is 34.8 Å². The molecule has 0 aliphatic heterocycles. The fourth-order valence-corrected chi connectivity index (χ4v) is 4.03. The van der Waals surface area contributed by atoms with Crippen molar-refractivity contribution in [2.24, 2.45) is 5.10 Å². The van der Waals surface area contributed by atoms with Gasteiger partial charge in [-0.15, -0.1) is 0 Å². The monoisotopic (exact) mass is 392 g/mol. The Morgan fingerprint density at radius 2 is 1.93 bits per heavy atom. The number of aromatic hydroxyl groups is 1. The van der Waals surface area contributed by atoms with Crippen LogP contribution in [0.3, 0.4) is 0 Å². The Labute approximate surface area is 157 Å². The van der Waals surface area contributed by atoms with Gasteiger partial charge in [-0.1, -0.05) is 26.0 Å². The second-order valence-electron chi connectivity index (χ2n) is 5.49. The lowest BCUT2D eigenvalue weighted by Crippen LogP contribution is -2.31. The van der Waals surface area contributed by atoms with E-state index in [0.717, 1.165) is 6.07 Å². The zero-order chi connectivity index (χ0) is 20.0. The predicted molar refractivity (Wildman–Crippen MR) is 103 cm³/mol. The Bertz CT molecular complexity index is 956. The number of phenols is 1. The van der Waals surface area contributed by atoms with E-state index in [1.54, 1.807) is 26.0 Å². The summed E-state index contributed by atoms with van der Waals surface area (Å²) in [5, 5.41) is 24.5. The van der Waals surface area contributed by atoms with Gasteiger partial charge in [-0.05, 0) is 23.8 Å². The quantitative estimate of drug-likeness (QED) is 0.404. The summed E-state index contributed by atoms with van der Waals surface area (Å²) in [5.41, 5.74) is 3.00. The normalized spacial score (nSPS) is 11.8. The lowest BCUT2D eigenvalue weighted by molar-refractivity contribution is -0.385. The minimum Gasteiger partial charge on any atom is -0.508 e. The number of hydrogen-bond donors (Lipinski definition) is 2. The van der Waals surface area contributed by atoms with Crippen molar-refractivity contribution in [2.75, 3.05) is 18.5 Å². The maximum absolute atomic E-state index is 12.8. The number of hydrogen-bond acceptors (Lipinski definition) is 7. The summed E-state index contributed by atoms with van der Waals surface area (Å²) in [5.74, 6) is 0.0686. The van der Waals surface area contributed by atoms with E-state index in [4.69, 9.17) is 0 Å². The number of anilines is 1. The summed E-state index contributed by atoms with van der Waals surface area (Å²) in [6, 6.07) is 9.85. The molecule has 0 heterocycles. The molecule has 0 bridgehead atoms.